The lowest BCUT2D eigenvalue weighted by Gasteiger charge is -2.05. The Kier molecular flexibility index (Phi) is 4.42. The number of hydrogen-bond donors (Lipinski definition) is 2. The van der Waals surface area contributed by atoms with Crippen molar-refractivity contribution < 1.29 is 9.59 Å². The maximum absolute atomic E-state index is 11.3. The van der Waals surface area contributed by atoms with Crippen molar-refractivity contribution in [3.05, 3.63) is 22.9 Å². The van der Waals surface area contributed by atoms with Crippen molar-refractivity contribution in [3.63, 3.8) is 0 Å². The van der Waals surface area contributed by atoms with Crippen LogP contribution in [0.5, 0.6) is 0 Å². The zero-order valence-electron chi connectivity index (χ0n) is 8.03. The van der Waals surface area contributed by atoms with Crippen molar-refractivity contribution in [1.29, 1.82) is 5.26 Å². The number of nitrogens with one attached hydrogen (secondary N) is 2. The molecule has 2 amide bonds. The van der Waals surface area contributed by atoms with E-state index in [1.807, 2.05) is 0 Å². The van der Waals surface area contributed by atoms with E-state index in [0.717, 1.165) is 0 Å². The minimum absolute atomic E-state index is 0.205. The van der Waals surface area contributed by atoms with E-state index in [-0.39, 0.29) is 6.54 Å². The molecule has 0 unspecified atom stereocenters. The van der Waals surface area contributed by atoms with Gasteiger partial charge in [0.25, 0.3) is 0 Å². The first-order valence-corrected chi connectivity index (χ1v) is 5.00. The molecule has 0 atom stereocenters. The highest BCUT2D eigenvalue weighted by Gasteiger charge is 2.13. The molecule has 2 N–H and O–H groups in total. The number of anilines is 1. The van der Waals surface area contributed by atoms with Gasteiger partial charge in [-0.25, -0.2) is 0 Å². The Hall–Kier alpha value is -1.94. The molecule has 0 radical (unpaired) electrons. The predicted octanol–water partition coefficient (Wildman–Crippen LogP) is 0.422. The molecule has 0 saturated heterocycles. The van der Waals surface area contributed by atoms with Crippen molar-refractivity contribution in [1.82, 2.24) is 10.3 Å². The van der Waals surface area contributed by atoms with Gasteiger partial charge in [-0.3, -0.25) is 14.6 Å². The molecule has 1 aromatic heterocycles. The van der Waals surface area contributed by atoms with Crippen molar-refractivity contribution in [2.24, 2.45) is 0 Å². The second-order valence-electron chi connectivity index (χ2n) is 2.65. The lowest BCUT2D eigenvalue weighted by atomic mass is 10.4. The quantitative estimate of drug-likeness (QED) is 0.607. The smallest absolute Gasteiger partial charge is 0.313 e. The predicted molar refractivity (Wildman–Crippen MR) is 59.2 cm³/mol. The first-order chi connectivity index (χ1) is 7.65. The third-order valence-corrected chi connectivity index (χ3v) is 2.19. The fourth-order valence-corrected chi connectivity index (χ4v) is 1.21. The van der Waals surface area contributed by atoms with Crippen LogP contribution in [0.4, 0.5) is 5.69 Å². The Morgan fingerprint density at radius 2 is 2.25 bits per heavy atom. The SMILES string of the molecule is N#CCNC(=O)C(=O)Nc1ccncc1Br. The van der Waals surface area contributed by atoms with Gasteiger partial charge < -0.3 is 10.6 Å². The first-order valence-electron chi connectivity index (χ1n) is 4.21. The van der Waals surface area contributed by atoms with E-state index < -0.39 is 11.8 Å². The van der Waals surface area contributed by atoms with Crippen LogP contribution >= 0.6 is 15.9 Å². The van der Waals surface area contributed by atoms with Crippen LogP contribution in [0.1, 0.15) is 0 Å². The summed E-state index contributed by atoms with van der Waals surface area (Å²) in [5.74, 6) is -1.69. The first kappa shape index (κ1) is 12.1. The molecule has 7 heteroatoms. The third-order valence-electron chi connectivity index (χ3n) is 1.55. The Morgan fingerprint density at radius 3 is 2.88 bits per heavy atom. The highest BCUT2D eigenvalue weighted by Crippen LogP contribution is 2.19. The molecule has 1 rings (SSSR count). The number of nitriles is 1. The van der Waals surface area contributed by atoms with Crippen LogP contribution in [0.3, 0.4) is 0 Å². The van der Waals surface area contributed by atoms with Crippen LogP contribution in [0.15, 0.2) is 22.9 Å². The Balaban J connectivity index is 2.62. The van der Waals surface area contributed by atoms with Crippen LogP contribution in [-0.2, 0) is 9.59 Å². The summed E-state index contributed by atoms with van der Waals surface area (Å²) < 4.78 is 0.566. The minimum Gasteiger partial charge on any atom is -0.335 e. The highest BCUT2D eigenvalue weighted by molar-refractivity contribution is 9.10. The van der Waals surface area contributed by atoms with E-state index in [1.54, 1.807) is 12.1 Å². The molecule has 0 aliphatic heterocycles. The molecular weight excluding hydrogens is 276 g/mol. The zero-order valence-corrected chi connectivity index (χ0v) is 9.61. The van der Waals surface area contributed by atoms with Crippen LogP contribution in [-0.4, -0.2) is 23.3 Å². The van der Waals surface area contributed by atoms with Crippen LogP contribution in [0.25, 0.3) is 0 Å². The van der Waals surface area contributed by atoms with Gasteiger partial charge in [0.2, 0.25) is 0 Å². The molecule has 0 saturated carbocycles. The number of carbonyl (C=O) groups is 2. The lowest BCUT2D eigenvalue weighted by molar-refractivity contribution is -0.136. The van der Waals surface area contributed by atoms with Gasteiger partial charge in [-0.15, -0.1) is 0 Å². The summed E-state index contributed by atoms with van der Waals surface area (Å²) in [6, 6.07) is 3.24. The monoisotopic (exact) mass is 282 g/mol. The molecular formula is C9H7BrN4O2. The topological polar surface area (TPSA) is 94.9 Å². The minimum atomic E-state index is -0.856. The Bertz CT molecular complexity index is 455. The van der Waals surface area contributed by atoms with Crippen molar-refractivity contribution in [2.75, 3.05) is 11.9 Å². The maximum atomic E-state index is 11.3. The summed E-state index contributed by atoms with van der Waals surface area (Å²) in [5.41, 5.74) is 0.437. The number of amides is 2. The number of nitrogens with zero attached hydrogens (tertiary/aromatic N) is 2. The van der Waals surface area contributed by atoms with Gasteiger partial charge in [-0.05, 0) is 22.0 Å². The third kappa shape index (κ3) is 3.33. The van der Waals surface area contributed by atoms with Crippen molar-refractivity contribution in [3.8, 4) is 6.07 Å². The summed E-state index contributed by atoms with van der Waals surface area (Å²) in [5, 5.41) is 12.7. The van der Waals surface area contributed by atoms with E-state index in [0.29, 0.717) is 10.2 Å². The number of halogens is 1. The average Bonchev–Trinajstić information content (AvgIpc) is 2.28. The summed E-state index contributed by atoms with van der Waals surface area (Å²) in [6.45, 7) is -0.205. The fourth-order valence-electron chi connectivity index (χ4n) is 0.856. The van der Waals surface area contributed by atoms with Crippen LogP contribution in [0, 0.1) is 11.3 Å². The van der Waals surface area contributed by atoms with Gasteiger partial charge in [0, 0.05) is 12.4 Å². The van der Waals surface area contributed by atoms with Gasteiger partial charge >= 0.3 is 11.8 Å². The van der Waals surface area contributed by atoms with Gasteiger partial charge in [0.15, 0.2) is 0 Å². The van der Waals surface area contributed by atoms with E-state index >= 15 is 0 Å². The van der Waals surface area contributed by atoms with Crippen molar-refractivity contribution in [2.45, 2.75) is 0 Å². The number of hydrogen-bond acceptors (Lipinski definition) is 4. The summed E-state index contributed by atoms with van der Waals surface area (Å²) in [6.07, 6.45) is 2.97. The molecule has 16 heavy (non-hydrogen) atoms. The molecule has 1 heterocycles. The molecule has 0 fully saturated rings. The van der Waals surface area contributed by atoms with E-state index in [9.17, 15) is 9.59 Å². The summed E-state index contributed by atoms with van der Waals surface area (Å²) in [4.78, 5) is 26.2. The molecule has 0 spiro atoms. The molecule has 0 aliphatic carbocycles. The van der Waals surface area contributed by atoms with E-state index in [1.165, 1.54) is 12.4 Å². The van der Waals surface area contributed by atoms with Gasteiger partial charge in [-0.2, -0.15) is 5.26 Å². The summed E-state index contributed by atoms with van der Waals surface area (Å²) >= 11 is 3.17. The van der Waals surface area contributed by atoms with Gasteiger partial charge in [0.1, 0.15) is 6.54 Å². The number of rotatable bonds is 2. The number of aromatic nitrogens is 1. The van der Waals surface area contributed by atoms with Gasteiger partial charge in [0.05, 0.1) is 16.2 Å². The second-order valence-corrected chi connectivity index (χ2v) is 3.50. The number of pyridine rings is 1. The maximum Gasteiger partial charge on any atom is 0.313 e. The molecule has 1 aromatic rings. The van der Waals surface area contributed by atoms with E-state index in [2.05, 4.69) is 31.5 Å². The molecule has 0 bridgehead atoms. The van der Waals surface area contributed by atoms with Crippen molar-refractivity contribution >= 4 is 33.4 Å². The average molecular weight is 283 g/mol. The lowest BCUT2D eigenvalue weighted by Crippen LogP contribution is -2.35. The second kappa shape index (κ2) is 5.82. The summed E-state index contributed by atoms with van der Waals surface area (Å²) in [7, 11) is 0. The molecule has 0 aromatic carbocycles. The Morgan fingerprint density at radius 1 is 1.50 bits per heavy atom. The molecule has 0 aliphatic rings. The fraction of sp³-hybridized carbons (Fsp3) is 0.111. The zero-order chi connectivity index (χ0) is 12.0. The standard InChI is InChI=1S/C9H7BrN4O2/c10-6-5-12-3-1-7(6)14-9(16)8(15)13-4-2-11/h1,3,5H,4H2,(H,13,15)(H,12,14,16). The van der Waals surface area contributed by atoms with E-state index in [4.69, 9.17) is 5.26 Å². The molecule has 6 nitrogen and oxygen atoms in total. The largest absolute Gasteiger partial charge is 0.335 e. The van der Waals surface area contributed by atoms with Crippen LogP contribution in [0.2, 0.25) is 0 Å². The normalized spacial score (nSPS) is 9.00. The van der Waals surface area contributed by atoms with Gasteiger partial charge in [-0.1, -0.05) is 0 Å². The van der Waals surface area contributed by atoms with Crippen LogP contribution < -0.4 is 10.6 Å². The number of carbonyl (C=O) groups excluding carboxylic acids is 2. The molecule has 82 valence electrons. The Labute approximate surface area is 99.8 Å². The highest BCUT2D eigenvalue weighted by atomic mass is 79.9.